The summed E-state index contributed by atoms with van der Waals surface area (Å²) in [5.74, 6) is 0.421. The van der Waals surface area contributed by atoms with Crippen molar-refractivity contribution in [1.82, 2.24) is 9.97 Å². The fourth-order valence-corrected chi connectivity index (χ4v) is 2.65. The molecular weight excluding hydrogens is 292 g/mol. The van der Waals surface area contributed by atoms with Gasteiger partial charge in [-0.2, -0.15) is 8.42 Å². The van der Waals surface area contributed by atoms with Crippen LogP contribution in [0, 0.1) is 6.92 Å². The highest BCUT2D eigenvalue weighted by atomic mass is 32.2. The molecule has 8 heteroatoms. The number of carbonyl (C=O) groups is 1. The van der Waals surface area contributed by atoms with Crippen molar-refractivity contribution >= 4 is 27.3 Å². The highest BCUT2D eigenvalue weighted by molar-refractivity contribution is 7.92. The van der Waals surface area contributed by atoms with E-state index >= 15 is 0 Å². The number of carbonyl (C=O) groups excluding carboxylic acids is 1. The molecule has 1 aromatic carbocycles. The highest BCUT2D eigenvalue weighted by Gasteiger charge is 2.16. The van der Waals surface area contributed by atoms with E-state index in [1.165, 1.54) is 6.20 Å². The molecule has 21 heavy (non-hydrogen) atoms. The SMILES string of the molecule is CCC(=O)Nc1ccc(NS(=O)(=O)c2cnc(C)[nH]2)cc1. The van der Waals surface area contributed by atoms with Crippen LogP contribution in [0.2, 0.25) is 0 Å². The maximum absolute atomic E-state index is 12.1. The Morgan fingerprint density at radius 1 is 1.24 bits per heavy atom. The van der Waals surface area contributed by atoms with Crippen LogP contribution in [0.15, 0.2) is 35.5 Å². The molecule has 7 nitrogen and oxygen atoms in total. The predicted molar refractivity (Wildman–Crippen MR) is 79.5 cm³/mol. The Kier molecular flexibility index (Phi) is 4.27. The van der Waals surface area contributed by atoms with Crippen molar-refractivity contribution in [3.63, 3.8) is 0 Å². The number of H-pyrrole nitrogens is 1. The Bertz CT molecular complexity index is 735. The number of rotatable bonds is 5. The van der Waals surface area contributed by atoms with Crippen LogP contribution in [0.4, 0.5) is 11.4 Å². The minimum Gasteiger partial charge on any atom is -0.332 e. The maximum atomic E-state index is 12.1. The van der Waals surface area contributed by atoms with Crippen molar-refractivity contribution < 1.29 is 13.2 Å². The smallest absolute Gasteiger partial charge is 0.278 e. The molecule has 2 aromatic rings. The standard InChI is InChI=1S/C13H16N4O3S/c1-3-12(18)16-10-4-6-11(7-5-10)17-21(19,20)13-8-14-9(2)15-13/h4-8,17H,3H2,1-2H3,(H,14,15)(H,16,18). The Hall–Kier alpha value is -2.35. The summed E-state index contributed by atoms with van der Waals surface area (Å²) in [7, 11) is -3.69. The van der Waals surface area contributed by atoms with Crippen molar-refractivity contribution in [3.05, 3.63) is 36.3 Å². The largest absolute Gasteiger partial charge is 0.332 e. The summed E-state index contributed by atoms with van der Waals surface area (Å²) >= 11 is 0. The lowest BCUT2D eigenvalue weighted by molar-refractivity contribution is -0.115. The van der Waals surface area contributed by atoms with Gasteiger partial charge in [0.15, 0.2) is 5.03 Å². The third-order valence-electron chi connectivity index (χ3n) is 2.71. The zero-order chi connectivity index (χ0) is 15.5. The molecule has 0 fully saturated rings. The van der Waals surface area contributed by atoms with Gasteiger partial charge in [0.05, 0.1) is 6.20 Å². The van der Waals surface area contributed by atoms with E-state index in [4.69, 9.17) is 0 Å². The van der Waals surface area contributed by atoms with Crippen LogP contribution in [0.25, 0.3) is 0 Å². The van der Waals surface area contributed by atoms with Crippen molar-refractivity contribution in [2.24, 2.45) is 0 Å². The second-order valence-electron chi connectivity index (χ2n) is 4.42. The molecule has 1 heterocycles. The summed E-state index contributed by atoms with van der Waals surface area (Å²) in [5.41, 5.74) is 1.01. The lowest BCUT2D eigenvalue weighted by Gasteiger charge is -2.08. The first kappa shape index (κ1) is 15.0. The lowest BCUT2D eigenvalue weighted by Crippen LogP contribution is -2.13. The van der Waals surface area contributed by atoms with Gasteiger partial charge >= 0.3 is 0 Å². The number of hydrogen-bond acceptors (Lipinski definition) is 4. The third-order valence-corrected chi connectivity index (χ3v) is 4.00. The van der Waals surface area contributed by atoms with Gasteiger partial charge in [-0.1, -0.05) is 6.92 Å². The molecule has 1 amide bonds. The average molecular weight is 308 g/mol. The van der Waals surface area contributed by atoms with E-state index in [2.05, 4.69) is 20.0 Å². The van der Waals surface area contributed by atoms with E-state index < -0.39 is 10.0 Å². The van der Waals surface area contributed by atoms with E-state index in [0.29, 0.717) is 23.6 Å². The van der Waals surface area contributed by atoms with Crippen LogP contribution in [0.1, 0.15) is 19.2 Å². The number of anilines is 2. The molecule has 0 radical (unpaired) electrons. The first-order valence-corrected chi connectivity index (χ1v) is 7.83. The molecular formula is C13H16N4O3S. The number of imidazole rings is 1. The van der Waals surface area contributed by atoms with Crippen LogP contribution in [0.5, 0.6) is 0 Å². The Labute approximate surface area is 122 Å². The van der Waals surface area contributed by atoms with Crippen molar-refractivity contribution in [1.29, 1.82) is 0 Å². The Balaban J connectivity index is 2.11. The number of aryl methyl sites for hydroxylation is 1. The summed E-state index contributed by atoms with van der Waals surface area (Å²) in [6.07, 6.45) is 1.64. The van der Waals surface area contributed by atoms with Crippen LogP contribution >= 0.6 is 0 Å². The van der Waals surface area contributed by atoms with Gasteiger partial charge in [-0.25, -0.2) is 4.98 Å². The minimum absolute atomic E-state index is 0.00311. The minimum atomic E-state index is -3.69. The number of sulfonamides is 1. The first-order valence-electron chi connectivity index (χ1n) is 6.35. The highest BCUT2D eigenvalue weighted by Crippen LogP contribution is 2.17. The van der Waals surface area contributed by atoms with Crippen LogP contribution < -0.4 is 10.0 Å². The van der Waals surface area contributed by atoms with Gasteiger partial charge < -0.3 is 10.3 Å². The van der Waals surface area contributed by atoms with Gasteiger partial charge in [0, 0.05) is 17.8 Å². The summed E-state index contributed by atoms with van der Waals surface area (Å²) in [6.45, 7) is 3.43. The molecule has 0 unspecified atom stereocenters. The van der Waals surface area contributed by atoms with Gasteiger partial charge in [-0.15, -0.1) is 0 Å². The van der Waals surface area contributed by atoms with E-state index in [9.17, 15) is 13.2 Å². The first-order chi connectivity index (χ1) is 9.90. The number of aromatic nitrogens is 2. The zero-order valence-corrected chi connectivity index (χ0v) is 12.5. The molecule has 0 aliphatic rings. The second-order valence-corrected chi connectivity index (χ2v) is 6.07. The molecule has 0 saturated carbocycles. The molecule has 2 rings (SSSR count). The molecule has 0 aliphatic carbocycles. The zero-order valence-electron chi connectivity index (χ0n) is 11.7. The molecule has 0 bridgehead atoms. The van der Waals surface area contributed by atoms with Gasteiger partial charge in [-0.3, -0.25) is 9.52 Å². The summed E-state index contributed by atoms with van der Waals surface area (Å²) < 4.78 is 26.6. The molecule has 112 valence electrons. The van der Waals surface area contributed by atoms with E-state index in [0.717, 1.165) is 0 Å². The predicted octanol–water partition coefficient (Wildman–Crippen LogP) is 1.87. The van der Waals surface area contributed by atoms with Gasteiger partial charge in [0.1, 0.15) is 5.82 Å². The average Bonchev–Trinajstić information content (AvgIpc) is 2.88. The lowest BCUT2D eigenvalue weighted by atomic mass is 10.3. The number of aromatic amines is 1. The monoisotopic (exact) mass is 308 g/mol. The summed E-state index contributed by atoms with van der Waals surface area (Å²) in [4.78, 5) is 17.8. The molecule has 1 aromatic heterocycles. The maximum Gasteiger partial charge on any atom is 0.278 e. The molecule has 0 spiro atoms. The Morgan fingerprint density at radius 2 is 1.86 bits per heavy atom. The number of hydrogen-bond donors (Lipinski definition) is 3. The van der Waals surface area contributed by atoms with Crippen LogP contribution in [-0.4, -0.2) is 24.3 Å². The van der Waals surface area contributed by atoms with Crippen LogP contribution in [0.3, 0.4) is 0 Å². The normalized spacial score (nSPS) is 11.1. The second kappa shape index (κ2) is 5.96. The molecule has 3 N–H and O–H groups in total. The molecule has 0 saturated heterocycles. The number of nitrogens with one attached hydrogen (secondary N) is 3. The van der Waals surface area contributed by atoms with E-state index in [1.54, 1.807) is 38.1 Å². The van der Waals surface area contributed by atoms with Gasteiger partial charge in [0.25, 0.3) is 10.0 Å². The van der Waals surface area contributed by atoms with Gasteiger partial charge in [0.2, 0.25) is 5.91 Å². The van der Waals surface area contributed by atoms with Gasteiger partial charge in [-0.05, 0) is 31.2 Å². The summed E-state index contributed by atoms with van der Waals surface area (Å²) in [5, 5.41) is 2.69. The molecule has 0 atom stereocenters. The van der Waals surface area contributed by atoms with E-state index in [-0.39, 0.29) is 10.9 Å². The van der Waals surface area contributed by atoms with Crippen molar-refractivity contribution in [2.75, 3.05) is 10.0 Å². The number of nitrogens with zero attached hydrogens (tertiary/aromatic N) is 1. The fraction of sp³-hybridized carbons (Fsp3) is 0.231. The number of benzene rings is 1. The summed E-state index contributed by atoms with van der Waals surface area (Å²) in [6, 6.07) is 6.41. The topological polar surface area (TPSA) is 104 Å². The van der Waals surface area contributed by atoms with E-state index in [1.807, 2.05) is 0 Å². The van der Waals surface area contributed by atoms with Crippen molar-refractivity contribution in [3.8, 4) is 0 Å². The Morgan fingerprint density at radius 3 is 2.38 bits per heavy atom. The van der Waals surface area contributed by atoms with Crippen molar-refractivity contribution in [2.45, 2.75) is 25.3 Å². The number of amides is 1. The van der Waals surface area contributed by atoms with Crippen LogP contribution in [-0.2, 0) is 14.8 Å². The molecule has 0 aliphatic heterocycles. The third kappa shape index (κ3) is 3.82. The quantitative estimate of drug-likeness (QED) is 0.784. The fourth-order valence-electron chi connectivity index (χ4n) is 1.62.